The van der Waals surface area contributed by atoms with E-state index in [0.29, 0.717) is 67.1 Å². The van der Waals surface area contributed by atoms with Crippen molar-refractivity contribution in [2.45, 2.75) is 13.1 Å². The van der Waals surface area contributed by atoms with Crippen LogP contribution in [-0.4, -0.2) is 63.6 Å². The van der Waals surface area contributed by atoms with Crippen molar-refractivity contribution < 1.29 is 9.53 Å². The van der Waals surface area contributed by atoms with Crippen molar-refractivity contribution in [2.24, 2.45) is 0 Å². The maximum absolute atomic E-state index is 13.1. The monoisotopic (exact) mass is 567 g/mol. The van der Waals surface area contributed by atoms with Gasteiger partial charge in [0, 0.05) is 48.9 Å². The van der Waals surface area contributed by atoms with E-state index in [1.807, 2.05) is 58.3 Å². The molecule has 0 aliphatic carbocycles. The molecular formula is C31H30ClN7O2. The highest BCUT2D eigenvalue weighted by Crippen LogP contribution is 2.26. The van der Waals surface area contributed by atoms with Crippen LogP contribution in [0.5, 0.6) is 5.75 Å². The van der Waals surface area contributed by atoms with E-state index in [2.05, 4.69) is 22.3 Å². The first-order valence-corrected chi connectivity index (χ1v) is 13.9. The molecule has 0 atom stereocenters. The molecular weight excluding hydrogens is 538 g/mol. The summed E-state index contributed by atoms with van der Waals surface area (Å²) in [6.45, 7) is 3.48. The summed E-state index contributed by atoms with van der Waals surface area (Å²) >= 11 is 6.11. The van der Waals surface area contributed by atoms with Crippen LogP contribution in [0.2, 0.25) is 5.02 Å². The Morgan fingerprint density at radius 1 is 0.951 bits per heavy atom. The number of anilines is 2. The van der Waals surface area contributed by atoms with Crippen molar-refractivity contribution in [1.82, 2.24) is 24.4 Å². The number of hydrogen-bond donors (Lipinski definition) is 1. The van der Waals surface area contributed by atoms with E-state index < -0.39 is 0 Å². The van der Waals surface area contributed by atoms with Gasteiger partial charge in [-0.25, -0.2) is 4.98 Å². The Balaban J connectivity index is 1.27. The summed E-state index contributed by atoms with van der Waals surface area (Å²) in [5.74, 6) is 2.04. The molecule has 3 aromatic carbocycles. The molecule has 6 rings (SSSR count). The summed E-state index contributed by atoms with van der Waals surface area (Å²) in [7, 11) is 1.67. The summed E-state index contributed by atoms with van der Waals surface area (Å²) in [4.78, 5) is 31.6. The molecule has 10 heteroatoms. The zero-order valence-electron chi connectivity index (χ0n) is 22.7. The molecule has 0 bridgehead atoms. The van der Waals surface area contributed by atoms with Crippen LogP contribution in [0, 0.1) is 0 Å². The van der Waals surface area contributed by atoms with Gasteiger partial charge in [0.1, 0.15) is 5.75 Å². The highest BCUT2D eigenvalue weighted by molar-refractivity contribution is 6.30. The van der Waals surface area contributed by atoms with E-state index in [-0.39, 0.29) is 5.91 Å². The van der Waals surface area contributed by atoms with Crippen LogP contribution in [0.3, 0.4) is 0 Å². The van der Waals surface area contributed by atoms with Crippen LogP contribution in [0.15, 0.2) is 85.2 Å². The topological polar surface area (TPSA) is 88.4 Å². The first-order chi connectivity index (χ1) is 20.1. The zero-order valence-corrected chi connectivity index (χ0v) is 23.5. The maximum Gasteiger partial charge on any atom is 0.254 e. The second-order valence-electron chi connectivity index (χ2n) is 9.86. The number of methoxy groups -OCH3 is 1. The first kappa shape index (κ1) is 26.6. The second-order valence-corrected chi connectivity index (χ2v) is 10.3. The molecule has 3 heterocycles. The number of nitrogens with one attached hydrogen (secondary N) is 1. The van der Waals surface area contributed by atoms with Crippen molar-refractivity contribution in [1.29, 1.82) is 0 Å². The minimum absolute atomic E-state index is 0.0244. The molecule has 0 saturated carbocycles. The Kier molecular flexibility index (Phi) is 7.69. The quantitative estimate of drug-likeness (QED) is 0.279. The molecule has 0 spiro atoms. The highest BCUT2D eigenvalue weighted by atomic mass is 35.5. The Bertz CT molecular complexity index is 1670. The number of carbonyl (C=O) groups excluding carboxylic acids is 1. The van der Waals surface area contributed by atoms with Gasteiger partial charge in [-0.3, -0.25) is 4.79 Å². The summed E-state index contributed by atoms with van der Waals surface area (Å²) in [6, 6.07) is 25.2. The number of imidazole rings is 1. The van der Waals surface area contributed by atoms with E-state index in [9.17, 15) is 4.79 Å². The van der Waals surface area contributed by atoms with Gasteiger partial charge in [-0.2, -0.15) is 9.97 Å². The smallest absolute Gasteiger partial charge is 0.254 e. The number of carbonyl (C=O) groups is 1. The van der Waals surface area contributed by atoms with E-state index in [1.165, 1.54) is 0 Å². The molecule has 2 aromatic heterocycles. The summed E-state index contributed by atoms with van der Waals surface area (Å²) < 4.78 is 7.58. The van der Waals surface area contributed by atoms with Gasteiger partial charge in [-0.15, -0.1) is 0 Å². The fraction of sp³-hybridized carbons (Fsp3) is 0.226. The fourth-order valence-electron chi connectivity index (χ4n) is 5.03. The molecule has 0 radical (unpaired) electrons. The number of fused-ring (bicyclic) bond motifs is 1. The Morgan fingerprint density at radius 2 is 1.73 bits per heavy atom. The van der Waals surface area contributed by atoms with Crippen molar-refractivity contribution in [3.63, 3.8) is 0 Å². The van der Waals surface area contributed by atoms with Crippen LogP contribution < -0.4 is 15.0 Å². The molecule has 5 aromatic rings. The van der Waals surface area contributed by atoms with Crippen molar-refractivity contribution in [2.75, 3.05) is 43.5 Å². The van der Waals surface area contributed by atoms with Crippen LogP contribution >= 0.6 is 11.6 Å². The Morgan fingerprint density at radius 3 is 2.51 bits per heavy atom. The number of ether oxygens (including phenoxy) is 1. The Labute approximate surface area is 243 Å². The third-order valence-electron chi connectivity index (χ3n) is 7.21. The van der Waals surface area contributed by atoms with E-state index in [0.717, 1.165) is 22.5 Å². The number of nitrogens with zero attached hydrogens (tertiary/aromatic N) is 6. The van der Waals surface area contributed by atoms with Crippen LogP contribution in [0.25, 0.3) is 11.2 Å². The lowest BCUT2D eigenvalue weighted by Gasteiger charge is -2.35. The summed E-state index contributed by atoms with van der Waals surface area (Å²) in [6.07, 6.45) is 1.81. The molecule has 41 heavy (non-hydrogen) atoms. The minimum Gasteiger partial charge on any atom is -0.496 e. The molecule has 1 amide bonds. The average molecular weight is 568 g/mol. The van der Waals surface area contributed by atoms with E-state index in [4.69, 9.17) is 31.3 Å². The third-order valence-corrected chi connectivity index (χ3v) is 7.44. The third kappa shape index (κ3) is 5.81. The van der Waals surface area contributed by atoms with Gasteiger partial charge >= 0.3 is 0 Å². The first-order valence-electron chi connectivity index (χ1n) is 13.5. The lowest BCUT2D eigenvalue weighted by Crippen LogP contribution is -2.49. The predicted molar refractivity (Wildman–Crippen MR) is 161 cm³/mol. The number of amides is 1. The number of benzene rings is 3. The molecule has 1 saturated heterocycles. The molecule has 1 aliphatic heterocycles. The lowest BCUT2D eigenvalue weighted by molar-refractivity contribution is 0.0746. The van der Waals surface area contributed by atoms with Crippen molar-refractivity contribution in [3.8, 4) is 5.75 Å². The number of piperazine rings is 1. The largest absolute Gasteiger partial charge is 0.496 e. The zero-order chi connectivity index (χ0) is 28.2. The van der Waals surface area contributed by atoms with Crippen LogP contribution in [0.1, 0.15) is 21.5 Å². The standard InChI is InChI=1S/C31H30ClN7O2/c1-41-26-13-6-5-10-24(26)19-33-28-27-29(39(21-34-27)20-22-8-3-2-4-9-22)36-31(35-28)38-16-14-37(15-17-38)30(40)23-11-7-12-25(32)18-23/h2-13,18,21H,14-17,19-20H2,1H3,(H,33,35,36). The number of hydrogen-bond acceptors (Lipinski definition) is 7. The van der Waals surface area contributed by atoms with Gasteiger partial charge in [0.25, 0.3) is 5.91 Å². The molecule has 9 nitrogen and oxygen atoms in total. The van der Waals surface area contributed by atoms with Crippen molar-refractivity contribution in [3.05, 3.63) is 107 Å². The van der Waals surface area contributed by atoms with Gasteiger partial charge in [-0.1, -0.05) is 66.2 Å². The number of halogens is 1. The molecule has 208 valence electrons. The van der Waals surface area contributed by atoms with Crippen molar-refractivity contribution >= 4 is 40.4 Å². The molecule has 1 aliphatic rings. The lowest BCUT2D eigenvalue weighted by atomic mass is 10.2. The second kappa shape index (κ2) is 11.9. The molecule has 1 fully saturated rings. The average Bonchev–Trinajstić information content (AvgIpc) is 3.42. The normalized spacial score (nSPS) is 13.4. The Hall–Kier alpha value is -4.63. The van der Waals surface area contributed by atoms with Gasteiger partial charge < -0.3 is 24.4 Å². The van der Waals surface area contributed by atoms with E-state index in [1.54, 1.807) is 31.4 Å². The number of aromatic nitrogens is 4. The van der Waals surface area contributed by atoms with Gasteiger partial charge in [0.15, 0.2) is 17.0 Å². The maximum atomic E-state index is 13.1. The van der Waals surface area contributed by atoms with Crippen LogP contribution in [-0.2, 0) is 13.1 Å². The SMILES string of the molecule is COc1ccccc1CNc1nc(N2CCN(C(=O)c3cccc(Cl)c3)CC2)nc2c1ncn2Cc1ccccc1. The van der Waals surface area contributed by atoms with Gasteiger partial charge in [0.2, 0.25) is 5.95 Å². The minimum atomic E-state index is -0.0244. The predicted octanol–water partition coefficient (Wildman–Crippen LogP) is 5.11. The molecule has 0 unspecified atom stereocenters. The summed E-state index contributed by atoms with van der Waals surface area (Å²) in [5, 5.41) is 4.03. The molecule has 1 N–H and O–H groups in total. The number of rotatable bonds is 8. The van der Waals surface area contributed by atoms with Gasteiger partial charge in [-0.05, 0) is 29.8 Å². The van der Waals surface area contributed by atoms with E-state index >= 15 is 0 Å². The van der Waals surface area contributed by atoms with Crippen LogP contribution in [0.4, 0.5) is 11.8 Å². The highest BCUT2D eigenvalue weighted by Gasteiger charge is 2.25. The summed E-state index contributed by atoms with van der Waals surface area (Å²) in [5.41, 5.74) is 4.22. The van der Waals surface area contributed by atoms with Gasteiger partial charge in [0.05, 0.1) is 20.0 Å². The fourth-order valence-corrected chi connectivity index (χ4v) is 5.23. The number of para-hydroxylation sites is 1.